The van der Waals surface area contributed by atoms with Crippen LogP contribution in [0, 0.1) is 0 Å². The first-order chi connectivity index (χ1) is 14.2. The summed E-state index contributed by atoms with van der Waals surface area (Å²) < 4.78 is 16.3. The smallest absolute Gasteiger partial charge is 0.321 e. The molecule has 2 N–H and O–H groups in total. The Balaban J connectivity index is 1.38. The molecule has 0 aliphatic rings. The van der Waals surface area contributed by atoms with Gasteiger partial charge in [-0.25, -0.2) is 9.78 Å². The lowest BCUT2D eigenvalue weighted by atomic mass is 10.2. The van der Waals surface area contributed by atoms with Gasteiger partial charge in [-0.2, -0.15) is 0 Å². The summed E-state index contributed by atoms with van der Waals surface area (Å²) in [5.41, 5.74) is 2.37. The molecule has 0 atom stereocenters. The molecule has 0 spiro atoms. The number of methoxy groups -OCH3 is 2. The minimum absolute atomic E-state index is 0.341. The number of rotatable bonds is 6. The van der Waals surface area contributed by atoms with Gasteiger partial charge in [0.05, 0.1) is 14.2 Å². The first-order valence-electron chi connectivity index (χ1n) is 8.86. The highest BCUT2D eigenvalue weighted by Crippen LogP contribution is 2.30. The summed E-state index contributed by atoms with van der Waals surface area (Å²) in [6.07, 6.45) is 0. The van der Waals surface area contributed by atoms with Gasteiger partial charge < -0.3 is 19.2 Å². The van der Waals surface area contributed by atoms with Crippen LogP contribution in [-0.4, -0.2) is 25.2 Å². The van der Waals surface area contributed by atoms with Crippen molar-refractivity contribution in [3.8, 4) is 23.0 Å². The van der Waals surface area contributed by atoms with Crippen LogP contribution in [0.5, 0.6) is 11.5 Å². The van der Waals surface area contributed by atoms with Crippen molar-refractivity contribution in [3.05, 3.63) is 59.5 Å². The summed E-state index contributed by atoms with van der Waals surface area (Å²) in [6.45, 7) is 0.341. The summed E-state index contributed by atoms with van der Waals surface area (Å²) in [7, 11) is 3.15. The first kappa shape index (κ1) is 18.8. The Labute approximate surface area is 171 Å². The summed E-state index contributed by atoms with van der Waals surface area (Å²) >= 11 is 1.34. The van der Waals surface area contributed by atoms with Crippen molar-refractivity contribution in [2.75, 3.05) is 19.5 Å². The number of anilines is 1. The maximum Gasteiger partial charge on any atom is 0.321 e. The number of hydrogen-bond acceptors (Lipinski definition) is 6. The molecule has 29 heavy (non-hydrogen) atoms. The number of carbonyl (C=O) groups excluding carboxylic acids is 1. The lowest BCUT2D eigenvalue weighted by Crippen LogP contribution is -2.28. The van der Waals surface area contributed by atoms with E-state index in [0.29, 0.717) is 34.6 Å². The Morgan fingerprint density at radius 2 is 1.93 bits per heavy atom. The fraction of sp³-hybridized carbons (Fsp3) is 0.143. The second kappa shape index (κ2) is 8.24. The average Bonchev–Trinajstić information content (AvgIpc) is 3.38. The molecule has 148 valence electrons. The van der Waals surface area contributed by atoms with Gasteiger partial charge in [-0.05, 0) is 29.8 Å². The molecule has 2 aromatic carbocycles. The van der Waals surface area contributed by atoms with Gasteiger partial charge in [-0.1, -0.05) is 24.3 Å². The lowest BCUT2D eigenvalue weighted by Gasteiger charge is -2.10. The molecule has 0 saturated heterocycles. The molecule has 0 aliphatic heterocycles. The van der Waals surface area contributed by atoms with Crippen LogP contribution in [0.4, 0.5) is 9.93 Å². The van der Waals surface area contributed by atoms with E-state index in [1.807, 2.05) is 47.8 Å². The molecule has 2 aromatic heterocycles. The maximum atomic E-state index is 12.2. The molecule has 0 radical (unpaired) electrons. The molecule has 0 aliphatic carbocycles. The van der Waals surface area contributed by atoms with Gasteiger partial charge in [0.25, 0.3) is 0 Å². The number of hydrogen-bond donors (Lipinski definition) is 2. The van der Waals surface area contributed by atoms with Crippen molar-refractivity contribution in [2.45, 2.75) is 6.54 Å². The molecule has 4 rings (SSSR count). The van der Waals surface area contributed by atoms with E-state index in [4.69, 9.17) is 13.9 Å². The number of furan rings is 1. The van der Waals surface area contributed by atoms with Crippen molar-refractivity contribution in [3.63, 3.8) is 0 Å². The van der Waals surface area contributed by atoms with Crippen molar-refractivity contribution in [1.82, 2.24) is 10.3 Å². The van der Waals surface area contributed by atoms with E-state index >= 15 is 0 Å². The first-order valence-corrected chi connectivity index (χ1v) is 9.74. The normalized spacial score (nSPS) is 10.7. The van der Waals surface area contributed by atoms with Crippen LogP contribution in [0.3, 0.4) is 0 Å². The number of amides is 2. The van der Waals surface area contributed by atoms with Gasteiger partial charge in [-0.15, -0.1) is 11.3 Å². The van der Waals surface area contributed by atoms with Crippen LogP contribution in [0.1, 0.15) is 5.56 Å². The quantitative estimate of drug-likeness (QED) is 0.473. The Bertz CT molecular complexity index is 1120. The second-order valence-corrected chi connectivity index (χ2v) is 7.04. The van der Waals surface area contributed by atoms with E-state index in [9.17, 15) is 4.79 Å². The lowest BCUT2D eigenvalue weighted by molar-refractivity contribution is 0.251. The molecule has 2 heterocycles. The highest BCUT2D eigenvalue weighted by atomic mass is 32.1. The van der Waals surface area contributed by atoms with Crippen molar-refractivity contribution in [2.24, 2.45) is 0 Å². The maximum absolute atomic E-state index is 12.2. The van der Waals surface area contributed by atoms with E-state index in [-0.39, 0.29) is 6.03 Å². The zero-order valence-electron chi connectivity index (χ0n) is 15.9. The third kappa shape index (κ3) is 4.17. The number of nitrogens with zero attached hydrogens (tertiary/aromatic N) is 1. The third-order valence-corrected chi connectivity index (χ3v) is 5.06. The van der Waals surface area contributed by atoms with Crippen molar-refractivity contribution >= 4 is 33.5 Å². The zero-order valence-corrected chi connectivity index (χ0v) is 16.7. The minimum Gasteiger partial charge on any atom is -0.493 e. The standard InChI is InChI=1S/C21H19N3O4S/c1-26-17-8-7-13(9-19(17)27-2)11-22-20(25)24-21-23-15(12-29-21)18-10-14-5-3-4-6-16(14)28-18/h3-10,12H,11H2,1-2H3,(H2,22,23,24,25). The summed E-state index contributed by atoms with van der Waals surface area (Å²) in [6, 6.07) is 14.9. The number of urea groups is 1. The zero-order chi connectivity index (χ0) is 20.2. The topological polar surface area (TPSA) is 85.6 Å². The highest BCUT2D eigenvalue weighted by Gasteiger charge is 2.12. The fourth-order valence-electron chi connectivity index (χ4n) is 2.87. The molecule has 8 heteroatoms. The fourth-order valence-corrected chi connectivity index (χ4v) is 3.56. The van der Waals surface area contributed by atoms with Gasteiger partial charge in [0.15, 0.2) is 22.4 Å². The molecule has 0 unspecified atom stereocenters. The number of ether oxygens (including phenoxy) is 2. The summed E-state index contributed by atoms with van der Waals surface area (Å²) in [5, 5.41) is 8.90. The van der Waals surface area contributed by atoms with E-state index in [0.717, 1.165) is 16.5 Å². The van der Waals surface area contributed by atoms with Gasteiger partial charge in [0, 0.05) is 17.3 Å². The minimum atomic E-state index is -0.342. The van der Waals surface area contributed by atoms with Gasteiger partial charge in [0.1, 0.15) is 11.3 Å². The van der Waals surface area contributed by atoms with E-state index < -0.39 is 0 Å². The molecular formula is C21H19N3O4S. The van der Waals surface area contributed by atoms with E-state index in [1.165, 1.54) is 11.3 Å². The van der Waals surface area contributed by atoms with Crippen LogP contribution >= 0.6 is 11.3 Å². The molecule has 0 bridgehead atoms. The summed E-state index contributed by atoms with van der Waals surface area (Å²) in [5.74, 6) is 1.92. The molecule has 2 amide bonds. The highest BCUT2D eigenvalue weighted by molar-refractivity contribution is 7.14. The predicted molar refractivity (Wildman–Crippen MR) is 113 cm³/mol. The molecular weight excluding hydrogens is 390 g/mol. The molecule has 7 nitrogen and oxygen atoms in total. The van der Waals surface area contributed by atoms with Crippen molar-refractivity contribution in [1.29, 1.82) is 0 Å². The van der Waals surface area contributed by atoms with Crippen LogP contribution in [0.2, 0.25) is 0 Å². The Kier molecular flexibility index (Phi) is 5.35. The second-order valence-electron chi connectivity index (χ2n) is 6.18. The Morgan fingerprint density at radius 1 is 1.10 bits per heavy atom. The van der Waals surface area contributed by atoms with E-state index in [1.54, 1.807) is 20.3 Å². The molecule has 0 fully saturated rings. The third-order valence-electron chi connectivity index (χ3n) is 4.30. The van der Waals surface area contributed by atoms with Gasteiger partial charge in [0.2, 0.25) is 0 Å². The van der Waals surface area contributed by atoms with Crippen LogP contribution in [0.25, 0.3) is 22.4 Å². The Hall–Kier alpha value is -3.52. The number of benzene rings is 2. The van der Waals surface area contributed by atoms with E-state index in [2.05, 4.69) is 15.6 Å². The largest absolute Gasteiger partial charge is 0.493 e. The number of fused-ring (bicyclic) bond motifs is 1. The number of nitrogens with one attached hydrogen (secondary N) is 2. The van der Waals surface area contributed by atoms with Crippen LogP contribution < -0.4 is 20.1 Å². The van der Waals surface area contributed by atoms with Crippen molar-refractivity contribution < 1.29 is 18.7 Å². The van der Waals surface area contributed by atoms with Gasteiger partial charge >= 0.3 is 6.03 Å². The van der Waals surface area contributed by atoms with Crippen LogP contribution in [-0.2, 0) is 6.54 Å². The predicted octanol–water partition coefficient (Wildman–Crippen LogP) is 4.90. The van der Waals surface area contributed by atoms with Gasteiger partial charge in [-0.3, -0.25) is 5.32 Å². The Morgan fingerprint density at radius 3 is 2.72 bits per heavy atom. The number of para-hydroxylation sites is 1. The monoisotopic (exact) mass is 409 g/mol. The van der Waals surface area contributed by atoms with Crippen LogP contribution in [0.15, 0.2) is 58.3 Å². The molecule has 0 saturated carbocycles. The number of thiazole rings is 1. The molecule has 4 aromatic rings. The number of aromatic nitrogens is 1. The number of carbonyl (C=O) groups is 1. The summed E-state index contributed by atoms with van der Waals surface area (Å²) in [4.78, 5) is 16.7. The SMILES string of the molecule is COc1ccc(CNC(=O)Nc2nc(-c3cc4ccccc4o3)cs2)cc1OC. The average molecular weight is 409 g/mol.